The first-order valence-electron chi connectivity index (χ1n) is 4.78. The standard InChI is InChI=1S/C10H15NO4S/c1-15-8-9(12)7-11-16(13,14)10-5-3-2-4-6-10/h2-6,9,11-12H,7-8H2,1H3. The van der Waals surface area contributed by atoms with E-state index in [1.807, 2.05) is 0 Å². The second kappa shape index (κ2) is 5.95. The number of ether oxygens (including phenoxy) is 1. The zero-order valence-corrected chi connectivity index (χ0v) is 9.78. The van der Waals surface area contributed by atoms with Gasteiger partial charge in [-0.1, -0.05) is 18.2 Å². The Morgan fingerprint density at radius 2 is 2.00 bits per heavy atom. The predicted molar refractivity (Wildman–Crippen MR) is 59.5 cm³/mol. The van der Waals surface area contributed by atoms with Crippen LogP contribution >= 0.6 is 0 Å². The Labute approximate surface area is 95.1 Å². The minimum Gasteiger partial charge on any atom is -0.389 e. The van der Waals surface area contributed by atoms with Gasteiger partial charge in [0, 0.05) is 13.7 Å². The molecule has 6 heteroatoms. The van der Waals surface area contributed by atoms with E-state index in [9.17, 15) is 13.5 Å². The minimum absolute atomic E-state index is 0.0644. The summed E-state index contributed by atoms with van der Waals surface area (Å²) in [5, 5.41) is 9.31. The number of methoxy groups -OCH3 is 1. The molecule has 90 valence electrons. The summed E-state index contributed by atoms with van der Waals surface area (Å²) in [6.45, 7) is 0.0301. The van der Waals surface area contributed by atoms with E-state index in [2.05, 4.69) is 9.46 Å². The average molecular weight is 245 g/mol. The van der Waals surface area contributed by atoms with Crippen LogP contribution < -0.4 is 4.72 Å². The Kier molecular flexibility index (Phi) is 4.88. The molecule has 0 aliphatic carbocycles. The molecule has 0 amide bonds. The van der Waals surface area contributed by atoms with Gasteiger partial charge in [-0.3, -0.25) is 0 Å². The molecule has 16 heavy (non-hydrogen) atoms. The number of rotatable bonds is 6. The first-order chi connectivity index (χ1) is 7.56. The third-order valence-electron chi connectivity index (χ3n) is 1.92. The van der Waals surface area contributed by atoms with Gasteiger partial charge in [-0.15, -0.1) is 0 Å². The molecular formula is C10H15NO4S. The largest absolute Gasteiger partial charge is 0.389 e. The molecule has 1 unspecified atom stereocenters. The Hall–Kier alpha value is -0.950. The van der Waals surface area contributed by atoms with E-state index in [4.69, 9.17) is 0 Å². The Balaban J connectivity index is 2.60. The van der Waals surface area contributed by atoms with Gasteiger partial charge in [-0.2, -0.15) is 0 Å². The van der Waals surface area contributed by atoms with Crippen molar-refractivity contribution in [1.29, 1.82) is 0 Å². The fourth-order valence-electron chi connectivity index (χ4n) is 1.14. The quantitative estimate of drug-likeness (QED) is 0.738. The molecule has 0 aliphatic rings. The van der Waals surface area contributed by atoms with E-state index >= 15 is 0 Å². The highest BCUT2D eigenvalue weighted by Crippen LogP contribution is 2.06. The first-order valence-corrected chi connectivity index (χ1v) is 6.26. The zero-order chi connectivity index (χ0) is 12.0. The van der Waals surface area contributed by atoms with Gasteiger partial charge in [0.15, 0.2) is 0 Å². The zero-order valence-electron chi connectivity index (χ0n) is 8.96. The average Bonchev–Trinajstić information content (AvgIpc) is 2.28. The van der Waals surface area contributed by atoms with E-state index < -0.39 is 16.1 Å². The number of nitrogens with one attached hydrogen (secondary N) is 1. The summed E-state index contributed by atoms with van der Waals surface area (Å²) in [6.07, 6.45) is -0.844. The van der Waals surface area contributed by atoms with Gasteiger partial charge in [0.05, 0.1) is 17.6 Å². The van der Waals surface area contributed by atoms with Crippen molar-refractivity contribution in [2.24, 2.45) is 0 Å². The van der Waals surface area contributed by atoms with E-state index in [0.717, 1.165) is 0 Å². The molecule has 0 radical (unpaired) electrons. The Morgan fingerprint density at radius 3 is 2.56 bits per heavy atom. The van der Waals surface area contributed by atoms with E-state index in [-0.39, 0.29) is 18.0 Å². The summed E-state index contributed by atoms with van der Waals surface area (Å²) in [5.74, 6) is 0. The van der Waals surface area contributed by atoms with Crippen LogP contribution in [-0.4, -0.2) is 39.9 Å². The molecule has 0 aliphatic heterocycles. The van der Waals surface area contributed by atoms with E-state index in [1.54, 1.807) is 18.2 Å². The van der Waals surface area contributed by atoms with Gasteiger partial charge >= 0.3 is 0 Å². The number of hydrogen-bond acceptors (Lipinski definition) is 4. The predicted octanol–water partition coefficient (Wildman–Crippen LogP) is -0.0278. The second-order valence-electron chi connectivity index (χ2n) is 3.27. The molecule has 0 spiro atoms. The van der Waals surface area contributed by atoms with Crippen molar-refractivity contribution >= 4 is 10.0 Å². The molecular weight excluding hydrogens is 230 g/mol. The maximum absolute atomic E-state index is 11.7. The highest BCUT2D eigenvalue weighted by Gasteiger charge is 2.14. The lowest BCUT2D eigenvalue weighted by atomic mass is 10.4. The molecule has 2 N–H and O–H groups in total. The summed E-state index contributed by atoms with van der Waals surface area (Å²) in [6, 6.07) is 8.00. The molecule has 0 fully saturated rings. The summed E-state index contributed by atoms with van der Waals surface area (Å²) in [4.78, 5) is 0.180. The third kappa shape index (κ3) is 3.90. The van der Waals surface area contributed by atoms with Crippen molar-refractivity contribution in [3.05, 3.63) is 30.3 Å². The third-order valence-corrected chi connectivity index (χ3v) is 3.36. The van der Waals surface area contributed by atoms with Gasteiger partial charge in [-0.25, -0.2) is 13.1 Å². The van der Waals surface area contributed by atoms with Crippen LogP contribution in [0.15, 0.2) is 35.2 Å². The molecule has 1 atom stereocenters. The SMILES string of the molecule is COCC(O)CNS(=O)(=O)c1ccccc1. The van der Waals surface area contributed by atoms with Crippen molar-refractivity contribution in [2.45, 2.75) is 11.0 Å². The van der Waals surface area contributed by atoms with Gasteiger partial charge in [0.1, 0.15) is 0 Å². The minimum atomic E-state index is -3.54. The van der Waals surface area contributed by atoms with Gasteiger partial charge < -0.3 is 9.84 Å². The fraction of sp³-hybridized carbons (Fsp3) is 0.400. The van der Waals surface area contributed by atoms with Crippen LogP contribution in [-0.2, 0) is 14.8 Å². The molecule has 1 rings (SSSR count). The van der Waals surface area contributed by atoms with Crippen LogP contribution in [0.2, 0.25) is 0 Å². The lowest BCUT2D eigenvalue weighted by Gasteiger charge is -2.11. The normalized spacial score (nSPS) is 13.6. The van der Waals surface area contributed by atoms with E-state index in [1.165, 1.54) is 19.2 Å². The van der Waals surface area contributed by atoms with Crippen LogP contribution in [0.25, 0.3) is 0 Å². The first kappa shape index (κ1) is 13.1. The van der Waals surface area contributed by atoms with Gasteiger partial charge in [0.25, 0.3) is 0 Å². The maximum atomic E-state index is 11.7. The number of sulfonamides is 1. The lowest BCUT2D eigenvalue weighted by molar-refractivity contribution is 0.0679. The van der Waals surface area contributed by atoms with Crippen LogP contribution in [0, 0.1) is 0 Å². The van der Waals surface area contributed by atoms with Crippen LogP contribution in [0.1, 0.15) is 0 Å². The van der Waals surface area contributed by atoms with Crippen LogP contribution in [0.4, 0.5) is 0 Å². The summed E-state index contributed by atoms with van der Waals surface area (Å²) in [5.41, 5.74) is 0. The fourth-order valence-corrected chi connectivity index (χ4v) is 2.23. The highest BCUT2D eigenvalue weighted by molar-refractivity contribution is 7.89. The van der Waals surface area contributed by atoms with Crippen molar-refractivity contribution in [2.75, 3.05) is 20.3 Å². The summed E-state index contributed by atoms with van der Waals surface area (Å²) < 4.78 is 30.3. The maximum Gasteiger partial charge on any atom is 0.240 e. The summed E-state index contributed by atoms with van der Waals surface area (Å²) in [7, 11) is -2.10. The number of aliphatic hydroxyl groups excluding tert-OH is 1. The molecule has 1 aromatic rings. The molecule has 0 saturated carbocycles. The molecule has 1 aromatic carbocycles. The topological polar surface area (TPSA) is 75.6 Å². The van der Waals surface area contributed by atoms with E-state index in [0.29, 0.717) is 0 Å². The van der Waals surface area contributed by atoms with Crippen molar-refractivity contribution in [3.8, 4) is 0 Å². The molecule has 0 aromatic heterocycles. The highest BCUT2D eigenvalue weighted by atomic mass is 32.2. The Bertz CT molecular complexity index is 404. The van der Waals surface area contributed by atoms with Crippen molar-refractivity contribution in [1.82, 2.24) is 4.72 Å². The molecule has 0 heterocycles. The lowest BCUT2D eigenvalue weighted by Crippen LogP contribution is -2.34. The van der Waals surface area contributed by atoms with Crippen molar-refractivity contribution in [3.63, 3.8) is 0 Å². The Morgan fingerprint density at radius 1 is 1.38 bits per heavy atom. The monoisotopic (exact) mass is 245 g/mol. The van der Waals surface area contributed by atoms with Crippen molar-refractivity contribution < 1.29 is 18.3 Å². The number of aliphatic hydroxyl groups is 1. The molecule has 0 bridgehead atoms. The second-order valence-corrected chi connectivity index (χ2v) is 5.04. The molecule has 5 nitrogen and oxygen atoms in total. The summed E-state index contributed by atoms with van der Waals surface area (Å²) >= 11 is 0. The van der Waals surface area contributed by atoms with Gasteiger partial charge in [-0.05, 0) is 12.1 Å². The van der Waals surface area contributed by atoms with Crippen LogP contribution in [0.3, 0.4) is 0 Å². The molecule has 0 saturated heterocycles. The number of hydrogen-bond donors (Lipinski definition) is 2. The number of benzene rings is 1. The van der Waals surface area contributed by atoms with Crippen LogP contribution in [0.5, 0.6) is 0 Å². The van der Waals surface area contributed by atoms with Gasteiger partial charge in [0.2, 0.25) is 10.0 Å². The smallest absolute Gasteiger partial charge is 0.240 e.